The van der Waals surface area contributed by atoms with Gasteiger partial charge in [0.05, 0.1) is 14.2 Å². The maximum Gasteiger partial charge on any atom is 0.335 e. The number of hydrogen-bond donors (Lipinski definition) is 2. The van der Waals surface area contributed by atoms with Gasteiger partial charge in [0.2, 0.25) is 0 Å². The van der Waals surface area contributed by atoms with Crippen molar-refractivity contribution in [1.82, 2.24) is 0 Å². The standard InChI is InChI=1S/C13H9Br2NO3S/c1-6-2-3-7(13(18)19)4-9(6)16-12(17)10-5-8(14)11(15)20-10/h2-5H,1H3,(H,16,17)(H,18,19). The average Bonchev–Trinajstić information content (AvgIpc) is 2.72. The Bertz CT molecular complexity index is 677. The lowest BCUT2D eigenvalue weighted by Gasteiger charge is -2.08. The zero-order valence-electron chi connectivity index (χ0n) is 10.2. The first kappa shape index (κ1) is 15.2. The number of nitrogens with one attached hydrogen (secondary N) is 1. The number of carbonyl (C=O) groups excluding carboxylic acids is 1. The highest BCUT2D eigenvalue weighted by atomic mass is 79.9. The smallest absolute Gasteiger partial charge is 0.335 e. The van der Waals surface area contributed by atoms with Gasteiger partial charge in [0.25, 0.3) is 5.91 Å². The van der Waals surface area contributed by atoms with Crippen molar-refractivity contribution in [2.24, 2.45) is 0 Å². The lowest BCUT2D eigenvalue weighted by molar-refractivity contribution is 0.0696. The van der Waals surface area contributed by atoms with Crippen LogP contribution in [0.5, 0.6) is 0 Å². The van der Waals surface area contributed by atoms with E-state index in [9.17, 15) is 9.59 Å². The van der Waals surface area contributed by atoms with Crippen molar-refractivity contribution < 1.29 is 14.7 Å². The van der Waals surface area contributed by atoms with Gasteiger partial charge in [-0.3, -0.25) is 4.79 Å². The van der Waals surface area contributed by atoms with Crippen molar-refractivity contribution in [3.63, 3.8) is 0 Å². The summed E-state index contributed by atoms with van der Waals surface area (Å²) in [6, 6.07) is 6.33. The molecule has 4 nitrogen and oxygen atoms in total. The molecule has 0 atom stereocenters. The van der Waals surface area contributed by atoms with Gasteiger partial charge in [0.1, 0.15) is 0 Å². The number of aryl methyl sites for hydroxylation is 1. The molecule has 2 N–H and O–H groups in total. The van der Waals surface area contributed by atoms with Crippen LogP contribution in [0, 0.1) is 6.92 Å². The van der Waals surface area contributed by atoms with Gasteiger partial charge in [0.15, 0.2) is 0 Å². The van der Waals surface area contributed by atoms with Crippen molar-refractivity contribution in [1.29, 1.82) is 0 Å². The predicted octanol–water partition coefficient (Wildman–Crippen LogP) is 4.53. The van der Waals surface area contributed by atoms with Gasteiger partial charge in [-0.05, 0) is 62.5 Å². The van der Waals surface area contributed by atoms with Crippen LogP contribution in [0.4, 0.5) is 5.69 Å². The largest absolute Gasteiger partial charge is 0.478 e. The van der Waals surface area contributed by atoms with E-state index in [0.29, 0.717) is 10.6 Å². The number of aromatic carboxylic acids is 1. The average molecular weight is 419 g/mol. The first-order chi connectivity index (χ1) is 9.38. The van der Waals surface area contributed by atoms with E-state index in [-0.39, 0.29) is 11.5 Å². The number of carbonyl (C=O) groups is 2. The Balaban J connectivity index is 2.27. The molecule has 0 saturated carbocycles. The van der Waals surface area contributed by atoms with Crippen molar-refractivity contribution in [2.75, 3.05) is 5.32 Å². The zero-order valence-corrected chi connectivity index (χ0v) is 14.2. The van der Waals surface area contributed by atoms with Crippen LogP contribution >= 0.6 is 43.2 Å². The molecule has 1 amide bonds. The molecule has 0 radical (unpaired) electrons. The number of thiophene rings is 1. The van der Waals surface area contributed by atoms with Gasteiger partial charge in [-0.25, -0.2) is 4.79 Å². The zero-order chi connectivity index (χ0) is 14.9. The van der Waals surface area contributed by atoms with Crippen LogP contribution in [0.1, 0.15) is 25.6 Å². The Morgan fingerprint density at radius 1 is 1.25 bits per heavy atom. The van der Waals surface area contributed by atoms with Gasteiger partial charge >= 0.3 is 5.97 Å². The second-order valence-corrected chi connectivity index (χ2v) is 7.25. The molecule has 0 unspecified atom stereocenters. The predicted molar refractivity (Wildman–Crippen MR) is 85.8 cm³/mol. The molecular formula is C13H9Br2NO3S. The van der Waals surface area contributed by atoms with Gasteiger partial charge < -0.3 is 10.4 Å². The fourth-order valence-corrected chi connectivity index (χ4v) is 3.46. The molecule has 0 aliphatic carbocycles. The summed E-state index contributed by atoms with van der Waals surface area (Å²) in [5.74, 6) is -1.30. The highest BCUT2D eigenvalue weighted by molar-refractivity contribution is 9.13. The van der Waals surface area contributed by atoms with E-state index in [1.54, 1.807) is 12.1 Å². The number of anilines is 1. The Kier molecular flexibility index (Phi) is 4.62. The second kappa shape index (κ2) is 6.07. The third-order valence-electron chi connectivity index (χ3n) is 2.60. The molecule has 1 heterocycles. The summed E-state index contributed by atoms with van der Waals surface area (Å²) in [4.78, 5) is 23.6. The third kappa shape index (κ3) is 3.28. The van der Waals surface area contributed by atoms with Gasteiger partial charge in [-0.2, -0.15) is 0 Å². The molecule has 0 fully saturated rings. The summed E-state index contributed by atoms with van der Waals surface area (Å²) in [6.07, 6.45) is 0. The van der Waals surface area contributed by atoms with E-state index in [0.717, 1.165) is 13.8 Å². The summed E-state index contributed by atoms with van der Waals surface area (Å²) in [7, 11) is 0. The Hall–Kier alpha value is -1.18. The van der Waals surface area contributed by atoms with Crippen LogP contribution in [0.15, 0.2) is 32.5 Å². The fraction of sp³-hybridized carbons (Fsp3) is 0.0769. The van der Waals surface area contributed by atoms with E-state index in [1.807, 2.05) is 6.92 Å². The minimum absolute atomic E-state index is 0.138. The Morgan fingerprint density at radius 3 is 2.50 bits per heavy atom. The van der Waals surface area contributed by atoms with Gasteiger partial charge in [-0.15, -0.1) is 11.3 Å². The van der Waals surface area contributed by atoms with Crippen LogP contribution < -0.4 is 5.32 Å². The molecule has 2 aromatic rings. The molecule has 1 aromatic heterocycles. The lowest BCUT2D eigenvalue weighted by Crippen LogP contribution is -2.12. The molecule has 0 bridgehead atoms. The molecule has 0 aliphatic rings. The quantitative estimate of drug-likeness (QED) is 0.769. The van der Waals surface area contributed by atoms with E-state index < -0.39 is 5.97 Å². The lowest BCUT2D eigenvalue weighted by atomic mass is 10.1. The summed E-state index contributed by atoms with van der Waals surface area (Å²) >= 11 is 7.95. The number of halogens is 2. The SMILES string of the molecule is Cc1ccc(C(=O)O)cc1NC(=O)c1cc(Br)c(Br)s1. The highest BCUT2D eigenvalue weighted by Gasteiger charge is 2.14. The molecule has 0 spiro atoms. The number of hydrogen-bond acceptors (Lipinski definition) is 3. The topological polar surface area (TPSA) is 66.4 Å². The molecular weight excluding hydrogens is 410 g/mol. The van der Waals surface area contributed by atoms with E-state index >= 15 is 0 Å². The minimum atomic E-state index is -1.03. The molecule has 20 heavy (non-hydrogen) atoms. The van der Waals surface area contributed by atoms with Crippen LogP contribution in [0.2, 0.25) is 0 Å². The van der Waals surface area contributed by atoms with E-state index in [2.05, 4.69) is 37.2 Å². The molecule has 2 rings (SSSR count). The molecule has 0 saturated heterocycles. The van der Waals surface area contributed by atoms with Crippen molar-refractivity contribution >= 4 is 60.8 Å². The van der Waals surface area contributed by atoms with E-state index in [4.69, 9.17) is 5.11 Å². The van der Waals surface area contributed by atoms with Crippen LogP contribution in [-0.2, 0) is 0 Å². The van der Waals surface area contributed by atoms with E-state index in [1.165, 1.54) is 23.5 Å². The molecule has 1 aromatic carbocycles. The maximum absolute atomic E-state index is 12.1. The molecule has 104 valence electrons. The third-order valence-corrected chi connectivity index (χ3v) is 5.86. The van der Waals surface area contributed by atoms with Crippen LogP contribution in [0.3, 0.4) is 0 Å². The summed E-state index contributed by atoms with van der Waals surface area (Å²) in [5, 5.41) is 11.7. The van der Waals surface area contributed by atoms with Crippen molar-refractivity contribution in [3.05, 3.63) is 48.5 Å². The Morgan fingerprint density at radius 2 is 1.95 bits per heavy atom. The van der Waals surface area contributed by atoms with Gasteiger partial charge in [-0.1, -0.05) is 6.07 Å². The summed E-state index contributed by atoms with van der Waals surface area (Å²) in [5.41, 5.74) is 1.44. The highest BCUT2D eigenvalue weighted by Crippen LogP contribution is 2.32. The fourth-order valence-electron chi connectivity index (χ4n) is 1.53. The first-order valence-electron chi connectivity index (χ1n) is 5.48. The second-order valence-electron chi connectivity index (χ2n) is 4.02. The number of carboxylic acid groups (broad SMARTS) is 1. The normalized spacial score (nSPS) is 10.3. The van der Waals surface area contributed by atoms with Crippen LogP contribution in [-0.4, -0.2) is 17.0 Å². The van der Waals surface area contributed by atoms with Crippen molar-refractivity contribution in [2.45, 2.75) is 6.92 Å². The molecule has 7 heteroatoms. The maximum atomic E-state index is 12.1. The number of amides is 1. The number of benzene rings is 1. The summed E-state index contributed by atoms with van der Waals surface area (Å²) < 4.78 is 1.64. The first-order valence-corrected chi connectivity index (χ1v) is 7.89. The monoisotopic (exact) mass is 417 g/mol. The van der Waals surface area contributed by atoms with Crippen LogP contribution in [0.25, 0.3) is 0 Å². The summed E-state index contributed by atoms with van der Waals surface area (Å²) in [6.45, 7) is 1.81. The van der Waals surface area contributed by atoms with Crippen molar-refractivity contribution in [3.8, 4) is 0 Å². The minimum Gasteiger partial charge on any atom is -0.478 e. The Labute approximate surface area is 136 Å². The molecule has 0 aliphatic heterocycles. The van der Waals surface area contributed by atoms with Gasteiger partial charge in [0, 0.05) is 10.2 Å². The number of carboxylic acids is 1. The number of rotatable bonds is 3.